The SMILES string of the molecule is CSc1sc(-c2sc(-c3sc(-c4sc(SC)c5c4OCCO5)c4c3OCC(C)(C)CO4)c3c2OCCO3)c2c1OCC(C)(C)CO2. The first-order valence-corrected chi connectivity index (χ1v) is 20.7. The van der Waals surface area contributed by atoms with Crippen LogP contribution in [0.25, 0.3) is 29.3 Å². The summed E-state index contributed by atoms with van der Waals surface area (Å²) in [4.78, 5) is 5.86. The lowest BCUT2D eigenvalue weighted by molar-refractivity contribution is 0.139. The van der Waals surface area contributed by atoms with Gasteiger partial charge in [-0.1, -0.05) is 27.7 Å². The number of ether oxygens (including phenoxy) is 8. The summed E-state index contributed by atoms with van der Waals surface area (Å²) in [7, 11) is 0. The Morgan fingerprint density at radius 1 is 0.391 bits per heavy atom. The maximum Gasteiger partial charge on any atom is 0.186 e. The van der Waals surface area contributed by atoms with E-state index in [0.717, 1.165) is 83.7 Å². The zero-order valence-corrected chi connectivity index (χ0v) is 31.3. The summed E-state index contributed by atoms with van der Waals surface area (Å²) in [6, 6.07) is 0. The van der Waals surface area contributed by atoms with E-state index in [4.69, 9.17) is 37.9 Å². The number of thiophene rings is 4. The number of fused-ring (bicyclic) bond motifs is 4. The molecule has 0 spiro atoms. The molecule has 0 aliphatic carbocycles. The van der Waals surface area contributed by atoms with Crippen LogP contribution in [0.4, 0.5) is 0 Å². The van der Waals surface area contributed by atoms with E-state index in [1.165, 1.54) is 0 Å². The Kier molecular flexibility index (Phi) is 8.00. The fraction of sp³-hybridized carbons (Fsp3) is 0.500. The normalized spacial score (nSPS) is 19.0. The van der Waals surface area contributed by atoms with Gasteiger partial charge in [0.1, 0.15) is 34.8 Å². The Bertz CT molecular complexity index is 1810. The Labute approximate surface area is 292 Å². The number of thioether (sulfide) groups is 2. The first-order chi connectivity index (χ1) is 22.2. The third-order valence-electron chi connectivity index (χ3n) is 7.80. The summed E-state index contributed by atoms with van der Waals surface area (Å²) < 4.78 is 53.5. The molecule has 4 aliphatic heterocycles. The second kappa shape index (κ2) is 11.8. The lowest BCUT2D eigenvalue weighted by Gasteiger charge is -2.20. The van der Waals surface area contributed by atoms with Gasteiger partial charge in [0, 0.05) is 10.8 Å². The highest BCUT2D eigenvalue weighted by Crippen LogP contribution is 2.66. The lowest BCUT2D eigenvalue weighted by atomic mass is 9.96. The molecule has 4 aromatic rings. The van der Waals surface area contributed by atoms with Crippen molar-refractivity contribution in [1.29, 1.82) is 0 Å². The smallest absolute Gasteiger partial charge is 0.186 e. The molecule has 8 rings (SSSR count). The standard InChI is InChI=1S/C32H34O8S6/c1-31(2)11-37-17-18(38-12-31)26(27-19-21(29(41-5)45-27)36-10-9-35-19)44-25(17)23-15-16(34-8-7-33-15)24(43-23)28-20-22(30(42-6)46-28)40-14-32(3,4)13-39-20/h7-14H2,1-6H3. The number of rotatable bonds is 5. The van der Waals surface area contributed by atoms with Crippen molar-refractivity contribution < 1.29 is 37.9 Å². The quantitative estimate of drug-likeness (QED) is 0.185. The van der Waals surface area contributed by atoms with Gasteiger partial charge in [0.25, 0.3) is 0 Å². The molecule has 0 unspecified atom stereocenters. The van der Waals surface area contributed by atoms with Crippen LogP contribution in [0.15, 0.2) is 8.42 Å². The molecule has 0 saturated heterocycles. The Balaban J connectivity index is 1.32. The minimum atomic E-state index is -0.169. The van der Waals surface area contributed by atoms with Crippen LogP contribution in [0, 0.1) is 10.8 Å². The molecule has 0 saturated carbocycles. The molecule has 0 fully saturated rings. The van der Waals surface area contributed by atoms with Crippen molar-refractivity contribution in [3.8, 4) is 75.3 Å². The maximum absolute atomic E-state index is 6.66. The largest absolute Gasteiger partial charge is 0.487 e. The molecule has 0 bridgehead atoms. The molecule has 14 heteroatoms. The van der Waals surface area contributed by atoms with Gasteiger partial charge in [-0.05, 0) is 12.5 Å². The summed E-state index contributed by atoms with van der Waals surface area (Å²) >= 11 is 9.98. The van der Waals surface area contributed by atoms with Gasteiger partial charge in [-0.2, -0.15) is 0 Å². The molecule has 0 atom stereocenters. The fourth-order valence-electron chi connectivity index (χ4n) is 5.49. The van der Waals surface area contributed by atoms with E-state index >= 15 is 0 Å². The van der Waals surface area contributed by atoms with Crippen molar-refractivity contribution in [3.05, 3.63) is 0 Å². The van der Waals surface area contributed by atoms with Crippen molar-refractivity contribution in [3.63, 3.8) is 0 Å². The van der Waals surface area contributed by atoms with Gasteiger partial charge >= 0.3 is 0 Å². The first-order valence-electron chi connectivity index (χ1n) is 15.0. The molecule has 0 amide bonds. The number of hydrogen-bond acceptors (Lipinski definition) is 14. The van der Waals surface area contributed by atoms with Gasteiger partial charge < -0.3 is 37.9 Å². The highest BCUT2D eigenvalue weighted by Gasteiger charge is 2.40. The molecule has 0 radical (unpaired) electrons. The van der Waals surface area contributed by atoms with Crippen LogP contribution in [0.5, 0.6) is 46.0 Å². The molecule has 246 valence electrons. The van der Waals surface area contributed by atoms with Crippen LogP contribution in [0.1, 0.15) is 27.7 Å². The molecule has 46 heavy (non-hydrogen) atoms. The predicted octanol–water partition coefficient (Wildman–Crippen LogP) is 9.51. The lowest BCUT2D eigenvalue weighted by Crippen LogP contribution is -2.26. The van der Waals surface area contributed by atoms with Crippen LogP contribution in [0.2, 0.25) is 0 Å². The van der Waals surface area contributed by atoms with Crippen LogP contribution in [-0.2, 0) is 0 Å². The van der Waals surface area contributed by atoms with E-state index in [1.54, 1.807) is 68.9 Å². The van der Waals surface area contributed by atoms with Gasteiger partial charge in [-0.15, -0.1) is 68.9 Å². The van der Waals surface area contributed by atoms with Crippen molar-refractivity contribution in [2.24, 2.45) is 10.8 Å². The third-order valence-corrected chi connectivity index (χ3v) is 15.1. The van der Waals surface area contributed by atoms with E-state index in [1.807, 2.05) is 0 Å². The van der Waals surface area contributed by atoms with E-state index in [0.29, 0.717) is 52.9 Å². The molecule has 8 heterocycles. The Hall–Kier alpha value is -2.10. The molecular weight excluding hydrogens is 705 g/mol. The summed E-state index contributed by atoms with van der Waals surface area (Å²) in [6.07, 6.45) is 4.14. The molecular formula is C32H34O8S6. The average Bonchev–Trinajstić information content (AvgIpc) is 3.75. The van der Waals surface area contributed by atoms with Crippen molar-refractivity contribution in [2.75, 3.05) is 65.4 Å². The second-order valence-corrected chi connectivity index (χ2v) is 19.1. The van der Waals surface area contributed by atoms with E-state index in [9.17, 15) is 0 Å². The Morgan fingerprint density at radius 2 is 0.652 bits per heavy atom. The van der Waals surface area contributed by atoms with Crippen LogP contribution in [0.3, 0.4) is 0 Å². The van der Waals surface area contributed by atoms with E-state index in [2.05, 4.69) is 40.2 Å². The van der Waals surface area contributed by atoms with E-state index < -0.39 is 0 Å². The maximum atomic E-state index is 6.66. The van der Waals surface area contributed by atoms with Gasteiger partial charge in [0.2, 0.25) is 0 Å². The summed E-state index contributed by atoms with van der Waals surface area (Å²) in [6.45, 7) is 12.8. The van der Waals surface area contributed by atoms with Crippen molar-refractivity contribution in [2.45, 2.75) is 36.1 Å². The highest BCUT2D eigenvalue weighted by molar-refractivity contribution is 8.00. The first kappa shape index (κ1) is 31.2. The average molecular weight is 739 g/mol. The molecule has 0 N–H and O–H groups in total. The molecule has 4 aliphatic rings. The van der Waals surface area contributed by atoms with Crippen molar-refractivity contribution in [1.82, 2.24) is 0 Å². The zero-order chi connectivity index (χ0) is 31.8. The van der Waals surface area contributed by atoms with E-state index in [-0.39, 0.29) is 10.8 Å². The van der Waals surface area contributed by atoms with Gasteiger partial charge in [-0.3, -0.25) is 0 Å². The molecule has 4 aromatic heterocycles. The minimum Gasteiger partial charge on any atom is -0.487 e. The fourth-order valence-corrected chi connectivity index (χ4v) is 11.9. The predicted molar refractivity (Wildman–Crippen MR) is 189 cm³/mol. The van der Waals surface area contributed by atoms with Crippen LogP contribution in [-0.4, -0.2) is 65.4 Å². The highest BCUT2D eigenvalue weighted by atomic mass is 32.2. The zero-order valence-electron chi connectivity index (χ0n) is 26.4. The summed E-state index contributed by atoms with van der Waals surface area (Å²) in [5.74, 6) is 6.14. The van der Waals surface area contributed by atoms with Gasteiger partial charge in [-0.25, -0.2) is 0 Å². The topological polar surface area (TPSA) is 73.8 Å². The van der Waals surface area contributed by atoms with Crippen molar-refractivity contribution >= 4 is 68.9 Å². The third kappa shape index (κ3) is 5.22. The molecule has 0 aromatic carbocycles. The van der Waals surface area contributed by atoms with Crippen LogP contribution < -0.4 is 37.9 Å². The van der Waals surface area contributed by atoms with Gasteiger partial charge in [0.05, 0.1) is 55.7 Å². The summed E-state index contributed by atoms with van der Waals surface area (Å²) in [5.41, 5.74) is -0.275. The minimum absolute atomic E-state index is 0.106. The monoisotopic (exact) mass is 738 g/mol. The number of hydrogen-bond donors (Lipinski definition) is 0. The second-order valence-electron chi connectivity index (χ2n) is 12.9. The van der Waals surface area contributed by atoms with Gasteiger partial charge in [0.15, 0.2) is 46.0 Å². The van der Waals surface area contributed by atoms with Crippen LogP contribution >= 0.6 is 68.9 Å². The summed E-state index contributed by atoms with van der Waals surface area (Å²) in [5, 5.41) is 0. The Morgan fingerprint density at radius 3 is 1.04 bits per heavy atom. The molecule has 8 nitrogen and oxygen atoms in total.